The standard InChI is InChI=1S/C26H24F3N3O2/c27-26(28,29)20-12-10-19(11-13-20)22-8-4-5-9-23(22)25(34)30-18-24(33)32-16-14-31(15-17-32)21-6-2-1-3-7-21/h1-13H,14-18H2,(H,30,34). The summed E-state index contributed by atoms with van der Waals surface area (Å²) in [6, 6.07) is 21.3. The molecule has 1 heterocycles. The second kappa shape index (κ2) is 9.99. The summed E-state index contributed by atoms with van der Waals surface area (Å²) < 4.78 is 38.6. The van der Waals surface area contributed by atoms with E-state index < -0.39 is 17.6 Å². The lowest BCUT2D eigenvalue weighted by molar-refractivity contribution is -0.137. The van der Waals surface area contributed by atoms with Crippen molar-refractivity contribution in [1.29, 1.82) is 0 Å². The number of rotatable bonds is 5. The van der Waals surface area contributed by atoms with Gasteiger partial charge in [0.1, 0.15) is 0 Å². The second-order valence-corrected chi connectivity index (χ2v) is 8.01. The summed E-state index contributed by atoms with van der Waals surface area (Å²) in [5.41, 5.74) is 1.64. The van der Waals surface area contributed by atoms with E-state index in [0.717, 1.165) is 17.8 Å². The third-order valence-corrected chi connectivity index (χ3v) is 5.85. The molecule has 3 aromatic rings. The van der Waals surface area contributed by atoms with E-state index in [-0.39, 0.29) is 12.5 Å². The van der Waals surface area contributed by atoms with Gasteiger partial charge in [0.15, 0.2) is 0 Å². The van der Waals surface area contributed by atoms with Crippen molar-refractivity contribution in [2.24, 2.45) is 0 Å². The number of para-hydroxylation sites is 1. The molecular weight excluding hydrogens is 443 g/mol. The average molecular weight is 467 g/mol. The van der Waals surface area contributed by atoms with Gasteiger partial charge in [-0.15, -0.1) is 0 Å². The molecule has 4 rings (SSSR count). The number of carbonyl (C=O) groups is 2. The van der Waals surface area contributed by atoms with Crippen LogP contribution in [0.2, 0.25) is 0 Å². The number of hydrogen-bond acceptors (Lipinski definition) is 3. The highest BCUT2D eigenvalue weighted by molar-refractivity contribution is 6.02. The lowest BCUT2D eigenvalue weighted by Crippen LogP contribution is -2.51. The molecule has 8 heteroatoms. The van der Waals surface area contributed by atoms with E-state index in [1.807, 2.05) is 30.3 Å². The van der Waals surface area contributed by atoms with E-state index >= 15 is 0 Å². The molecule has 0 saturated carbocycles. The quantitative estimate of drug-likeness (QED) is 0.603. The number of anilines is 1. The third kappa shape index (κ3) is 5.39. The molecule has 34 heavy (non-hydrogen) atoms. The maximum Gasteiger partial charge on any atom is 0.416 e. The van der Waals surface area contributed by atoms with Gasteiger partial charge in [-0.05, 0) is 41.5 Å². The van der Waals surface area contributed by atoms with E-state index in [0.29, 0.717) is 42.9 Å². The number of hydrogen-bond donors (Lipinski definition) is 1. The fourth-order valence-corrected chi connectivity index (χ4v) is 3.99. The summed E-state index contributed by atoms with van der Waals surface area (Å²) in [5.74, 6) is -0.625. The summed E-state index contributed by atoms with van der Waals surface area (Å²) in [6.45, 7) is 2.39. The summed E-state index contributed by atoms with van der Waals surface area (Å²) in [4.78, 5) is 29.4. The first-order valence-corrected chi connectivity index (χ1v) is 11.0. The minimum atomic E-state index is -4.43. The molecule has 3 aromatic carbocycles. The van der Waals surface area contributed by atoms with Crippen molar-refractivity contribution >= 4 is 17.5 Å². The van der Waals surface area contributed by atoms with Crippen LogP contribution in [0.1, 0.15) is 15.9 Å². The zero-order chi connectivity index (χ0) is 24.1. The van der Waals surface area contributed by atoms with E-state index in [2.05, 4.69) is 10.2 Å². The van der Waals surface area contributed by atoms with Gasteiger partial charge in [0.05, 0.1) is 12.1 Å². The maximum absolute atomic E-state index is 12.9. The first-order valence-electron chi connectivity index (χ1n) is 11.0. The molecule has 0 aromatic heterocycles. The Hall–Kier alpha value is -3.81. The predicted molar refractivity (Wildman–Crippen MR) is 124 cm³/mol. The fourth-order valence-electron chi connectivity index (χ4n) is 3.99. The largest absolute Gasteiger partial charge is 0.416 e. The van der Waals surface area contributed by atoms with E-state index in [4.69, 9.17) is 0 Å². The van der Waals surface area contributed by atoms with Crippen LogP contribution in [0.15, 0.2) is 78.9 Å². The maximum atomic E-state index is 12.9. The van der Waals surface area contributed by atoms with Crippen molar-refractivity contribution in [2.75, 3.05) is 37.6 Å². The van der Waals surface area contributed by atoms with Crippen LogP contribution in [0.3, 0.4) is 0 Å². The van der Waals surface area contributed by atoms with E-state index in [1.165, 1.54) is 12.1 Å². The number of nitrogens with one attached hydrogen (secondary N) is 1. The number of piperazine rings is 1. The minimum Gasteiger partial charge on any atom is -0.368 e. The minimum absolute atomic E-state index is 0.147. The van der Waals surface area contributed by atoms with Crippen LogP contribution in [0, 0.1) is 0 Å². The molecule has 0 bridgehead atoms. The molecule has 0 atom stereocenters. The summed E-state index contributed by atoms with van der Waals surface area (Å²) in [7, 11) is 0. The molecule has 0 unspecified atom stereocenters. The van der Waals surface area contributed by atoms with Gasteiger partial charge in [0, 0.05) is 37.4 Å². The number of halogens is 3. The Morgan fingerprint density at radius 1 is 0.794 bits per heavy atom. The highest BCUT2D eigenvalue weighted by Gasteiger charge is 2.30. The van der Waals surface area contributed by atoms with Gasteiger partial charge < -0.3 is 15.1 Å². The topological polar surface area (TPSA) is 52.7 Å². The van der Waals surface area contributed by atoms with Crippen LogP contribution in [0.5, 0.6) is 0 Å². The van der Waals surface area contributed by atoms with Crippen LogP contribution in [0.4, 0.5) is 18.9 Å². The first kappa shape index (κ1) is 23.4. The summed E-state index contributed by atoms with van der Waals surface area (Å²) in [6.07, 6.45) is -4.43. The highest BCUT2D eigenvalue weighted by Crippen LogP contribution is 2.31. The Morgan fingerprint density at radius 3 is 2.06 bits per heavy atom. The molecular formula is C26H24F3N3O2. The van der Waals surface area contributed by atoms with Crippen molar-refractivity contribution in [1.82, 2.24) is 10.2 Å². The molecule has 1 aliphatic rings. The van der Waals surface area contributed by atoms with Crippen molar-refractivity contribution in [2.45, 2.75) is 6.18 Å². The SMILES string of the molecule is O=C(NCC(=O)N1CCN(c2ccccc2)CC1)c1ccccc1-c1ccc(C(F)(F)F)cc1. The number of amides is 2. The van der Waals surface area contributed by atoms with Gasteiger partial charge in [-0.1, -0.05) is 48.5 Å². The Bertz CT molecular complexity index is 1140. The fraction of sp³-hybridized carbons (Fsp3) is 0.231. The van der Waals surface area contributed by atoms with E-state index in [1.54, 1.807) is 29.2 Å². The molecule has 2 amide bonds. The molecule has 176 valence electrons. The zero-order valence-corrected chi connectivity index (χ0v) is 18.4. The molecule has 1 N–H and O–H groups in total. The van der Waals surface area contributed by atoms with Gasteiger partial charge >= 0.3 is 6.18 Å². The predicted octanol–water partition coefficient (Wildman–Crippen LogP) is 4.45. The number of alkyl halides is 3. The lowest BCUT2D eigenvalue weighted by Gasteiger charge is -2.36. The third-order valence-electron chi connectivity index (χ3n) is 5.85. The normalized spacial score (nSPS) is 14.1. The van der Waals surface area contributed by atoms with Crippen molar-refractivity contribution in [3.63, 3.8) is 0 Å². The Balaban J connectivity index is 1.36. The molecule has 0 aliphatic carbocycles. The summed E-state index contributed by atoms with van der Waals surface area (Å²) in [5, 5.41) is 2.66. The number of carbonyl (C=O) groups excluding carboxylic acids is 2. The van der Waals surface area contributed by atoms with Crippen molar-refractivity contribution in [3.8, 4) is 11.1 Å². The summed E-state index contributed by atoms with van der Waals surface area (Å²) >= 11 is 0. The average Bonchev–Trinajstić information content (AvgIpc) is 2.87. The smallest absolute Gasteiger partial charge is 0.368 e. The van der Waals surface area contributed by atoms with Crippen LogP contribution >= 0.6 is 0 Å². The molecule has 0 radical (unpaired) electrons. The van der Waals surface area contributed by atoms with Gasteiger partial charge in [-0.25, -0.2) is 0 Å². The van der Waals surface area contributed by atoms with Gasteiger partial charge in [0.25, 0.3) is 5.91 Å². The molecule has 1 fully saturated rings. The van der Waals surface area contributed by atoms with Gasteiger partial charge in [0.2, 0.25) is 5.91 Å². The molecule has 1 saturated heterocycles. The Morgan fingerprint density at radius 2 is 1.41 bits per heavy atom. The zero-order valence-electron chi connectivity index (χ0n) is 18.4. The number of nitrogens with zero attached hydrogens (tertiary/aromatic N) is 2. The van der Waals surface area contributed by atoms with Crippen molar-refractivity contribution in [3.05, 3.63) is 90.0 Å². The van der Waals surface area contributed by atoms with Crippen molar-refractivity contribution < 1.29 is 22.8 Å². The monoisotopic (exact) mass is 467 g/mol. The van der Waals surface area contributed by atoms with Gasteiger partial charge in [-0.2, -0.15) is 13.2 Å². The second-order valence-electron chi connectivity index (χ2n) is 8.01. The van der Waals surface area contributed by atoms with Gasteiger partial charge in [-0.3, -0.25) is 9.59 Å². The van der Waals surface area contributed by atoms with E-state index in [9.17, 15) is 22.8 Å². The Kier molecular flexibility index (Phi) is 6.86. The van der Waals surface area contributed by atoms with Crippen LogP contribution < -0.4 is 10.2 Å². The highest BCUT2D eigenvalue weighted by atomic mass is 19.4. The first-order chi connectivity index (χ1) is 16.3. The number of benzene rings is 3. The van der Waals surface area contributed by atoms with Crippen LogP contribution in [-0.4, -0.2) is 49.4 Å². The lowest BCUT2D eigenvalue weighted by atomic mass is 9.98. The Labute approximate surface area is 195 Å². The molecule has 1 aliphatic heterocycles. The van der Waals surface area contributed by atoms with Crippen LogP contribution in [0.25, 0.3) is 11.1 Å². The van der Waals surface area contributed by atoms with Crippen LogP contribution in [-0.2, 0) is 11.0 Å². The molecule has 5 nitrogen and oxygen atoms in total. The molecule has 0 spiro atoms.